The van der Waals surface area contributed by atoms with E-state index in [1.165, 1.54) is 0 Å². The number of nitrogens with one attached hydrogen (secondary N) is 1. The van der Waals surface area contributed by atoms with E-state index >= 15 is 0 Å². The summed E-state index contributed by atoms with van der Waals surface area (Å²) in [5.74, 6) is 6.29. The van der Waals surface area contributed by atoms with Crippen LogP contribution in [-0.2, 0) is 4.79 Å². The molecule has 0 bridgehead atoms. The van der Waals surface area contributed by atoms with E-state index < -0.39 is 0 Å². The van der Waals surface area contributed by atoms with Crippen molar-refractivity contribution in [1.82, 2.24) is 5.43 Å². The number of methoxy groups -OCH3 is 1. The molecule has 0 saturated carbocycles. The molecule has 0 fully saturated rings. The van der Waals surface area contributed by atoms with Gasteiger partial charge in [0, 0.05) is 16.6 Å². The van der Waals surface area contributed by atoms with E-state index in [9.17, 15) is 4.79 Å². The van der Waals surface area contributed by atoms with Gasteiger partial charge in [-0.2, -0.15) is 0 Å². The number of para-hydroxylation sites is 1. The maximum absolute atomic E-state index is 11.2. The van der Waals surface area contributed by atoms with Crippen molar-refractivity contribution >= 4 is 17.7 Å². The molecule has 4 nitrogen and oxygen atoms in total. The molecular formula is C11H16N2O2S. The van der Waals surface area contributed by atoms with Crippen molar-refractivity contribution in [1.29, 1.82) is 0 Å². The summed E-state index contributed by atoms with van der Waals surface area (Å²) in [6, 6.07) is 7.73. The second-order valence-corrected chi connectivity index (χ2v) is 4.43. The first-order valence-electron chi connectivity index (χ1n) is 4.95. The van der Waals surface area contributed by atoms with Crippen LogP contribution in [0.2, 0.25) is 0 Å². The van der Waals surface area contributed by atoms with Gasteiger partial charge in [0.05, 0.1) is 7.11 Å². The average Bonchev–Trinajstić information content (AvgIpc) is 2.35. The summed E-state index contributed by atoms with van der Waals surface area (Å²) in [5.41, 5.74) is 2.15. The largest absolute Gasteiger partial charge is 0.496 e. The van der Waals surface area contributed by atoms with Crippen LogP contribution in [0.1, 0.15) is 6.92 Å². The SMILES string of the molecule is COc1ccccc1SCC(C)C(=O)NN. The van der Waals surface area contributed by atoms with Gasteiger partial charge in [-0.1, -0.05) is 19.1 Å². The van der Waals surface area contributed by atoms with E-state index in [2.05, 4.69) is 5.43 Å². The minimum atomic E-state index is -0.151. The molecule has 5 heteroatoms. The molecule has 0 spiro atoms. The number of nitrogens with two attached hydrogens (primary N) is 1. The third kappa shape index (κ3) is 3.43. The molecule has 0 aliphatic carbocycles. The Balaban J connectivity index is 2.57. The number of carbonyl (C=O) groups is 1. The second-order valence-electron chi connectivity index (χ2n) is 3.37. The summed E-state index contributed by atoms with van der Waals surface area (Å²) in [7, 11) is 1.63. The summed E-state index contributed by atoms with van der Waals surface area (Å²) >= 11 is 1.58. The maximum Gasteiger partial charge on any atom is 0.237 e. The second kappa shape index (κ2) is 6.40. The molecule has 1 unspecified atom stereocenters. The predicted octanol–water partition coefficient (Wildman–Crippen LogP) is 1.41. The Kier molecular flexibility index (Phi) is 5.14. The Labute approximate surface area is 99.5 Å². The van der Waals surface area contributed by atoms with Crippen molar-refractivity contribution in [3.05, 3.63) is 24.3 Å². The normalized spacial score (nSPS) is 11.9. The standard InChI is InChI=1S/C11H16N2O2S/c1-8(11(14)13-12)7-16-10-6-4-3-5-9(10)15-2/h3-6,8H,7,12H2,1-2H3,(H,13,14). The van der Waals surface area contributed by atoms with Gasteiger partial charge in [-0.3, -0.25) is 10.2 Å². The van der Waals surface area contributed by atoms with E-state index in [1.54, 1.807) is 18.9 Å². The highest BCUT2D eigenvalue weighted by Crippen LogP contribution is 2.29. The lowest BCUT2D eigenvalue weighted by molar-refractivity contribution is -0.123. The fourth-order valence-corrected chi connectivity index (χ4v) is 2.22. The highest BCUT2D eigenvalue weighted by atomic mass is 32.2. The Morgan fingerprint density at radius 3 is 2.88 bits per heavy atom. The first kappa shape index (κ1) is 12.9. The van der Waals surface area contributed by atoms with Crippen LogP contribution in [-0.4, -0.2) is 18.8 Å². The fourth-order valence-electron chi connectivity index (χ4n) is 1.17. The van der Waals surface area contributed by atoms with Crippen LogP contribution >= 0.6 is 11.8 Å². The number of amides is 1. The van der Waals surface area contributed by atoms with Gasteiger partial charge in [-0.25, -0.2) is 5.84 Å². The topological polar surface area (TPSA) is 64.3 Å². The highest BCUT2D eigenvalue weighted by molar-refractivity contribution is 7.99. The van der Waals surface area contributed by atoms with E-state index in [1.807, 2.05) is 31.2 Å². The van der Waals surface area contributed by atoms with E-state index in [0.29, 0.717) is 5.75 Å². The van der Waals surface area contributed by atoms with Crippen LogP contribution in [0.5, 0.6) is 5.75 Å². The van der Waals surface area contributed by atoms with Gasteiger partial charge in [-0.15, -0.1) is 11.8 Å². The smallest absolute Gasteiger partial charge is 0.237 e. The zero-order chi connectivity index (χ0) is 12.0. The minimum Gasteiger partial charge on any atom is -0.496 e. The molecule has 16 heavy (non-hydrogen) atoms. The van der Waals surface area contributed by atoms with Crippen LogP contribution in [0.15, 0.2) is 29.2 Å². The lowest BCUT2D eigenvalue weighted by Gasteiger charge is -2.11. The molecule has 0 saturated heterocycles. The molecule has 0 radical (unpaired) electrons. The quantitative estimate of drug-likeness (QED) is 0.353. The molecule has 1 aromatic rings. The van der Waals surface area contributed by atoms with E-state index in [-0.39, 0.29) is 11.8 Å². The zero-order valence-electron chi connectivity index (χ0n) is 9.40. The highest BCUT2D eigenvalue weighted by Gasteiger charge is 2.12. The van der Waals surface area contributed by atoms with Gasteiger partial charge >= 0.3 is 0 Å². The Morgan fingerprint density at radius 1 is 1.56 bits per heavy atom. The molecule has 0 aromatic heterocycles. The van der Waals surface area contributed by atoms with Crippen molar-refractivity contribution in [3.63, 3.8) is 0 Å². The average molecular weight is 240 g/mol. The first-order chi connectivity index (χ1) is 7.69. The van der Waals surface area contributed by atoms with Gasteiger partial charge in [0.1, 0.15) is 5.75 Å². The lowest BCUT2D eigenvalue weighted by atomic mass is 10.2. The first-order valence-corrected chi connectivity index (χ1v) is 5.94. The summed E-state index contributed by atoms with van der Waals surface area (Å²) in [5, 5.41) is 0. The van der Waals surface area contributed by atoms with Crippen molar-refractivity contribution < 1.29 is 9.53 Å². The Morgan fingerprint density at radius 2 is 2.25 bits per heavy atom. The molecule has 1 amide bonds. The lowest BCUT2D eigenvalue weighted by Crippen LogP contribution is -2.35. The van der Waals surface area contributed by atoms with Gasteiger partial charge in [0.25, 0.3) is 0 Å². The van der Waals surface area contributed by atoms with Crippen LogP contribution < -0.4 is 16.0 Å². The van der Waals surface area contributed by atoms with Gasteiger partial charge in [0.15, 0.2) is 0 Å². The molecule has 88 valence electrons. The number of carbonyl (C=O) groups excluding carboxylic acids is 1. The Hall–Kier alpha value is -1.20. The summed E-state index contributed by atoms with van der Waals surface area (Å²) in [6.45, 7) is 1.84. The van der Waals surface area contributed by atoms with Crippen LogP contribution in [0.3, 0.4) is 0 Å². The molecule has 0 heterocycles. The summed E-state index contributed by atoms with van der Waals surface area (Å²) < 4.78 is 5.22. The van der Waals surface area contributed by atoms with Gasteiger partial charge in [-0.05, 0) is 12.1 Å². The number of hydrazine groups is 1. The van der Waals surface area contributed by atoms with Crippen molar-refractivity contribution in [2.45, 2.75) is 11.8 Å². The zero-order valence-corrected chi connectivity index (χ0v) is 10.2. The van der Waals surface area contributed by atoms with Crippen molar-refractivity contribution in [2.24, 2.45) is 11.8 Å². The number of ether oxygens (including phenoxy) is 1. The van der Waals surface area contributed by atoms with E-state index in [4.69, 9.17) is 10.6 Å². The third-order valence-electron chi connectivity index (χ3n) is 2.15. The van der Waals surface area contributed by atoms with Crippen molar-refractivity contribution in [3.8, 4) is 5.75 Å². The van der Waals surface area contributed by atoms with Crippen LogP contribution in [0.4, 0.5) is 0 Å². The monoisotopic (exact) mass is 240 g/mol. The third-order valence-corrected chi connectivity index (χ3v) is 3.46. The molecule has 0 aliphatic rings. The molecular weight excluding hydrogens is 224 g/mol. The number of hydrogen-bond donors (Lipinski definition) is 2. The number of rotatable bonds is 5. The molecule has 0 aliphatic heterocycles. The van der Waals surface area contributed by atoms with Crippen molar-refractivity contribution in [2.75, 3.05) is 12.9 Å². The van der Waals surface area contributed by atoms with Gasteiger partial charge < -0.3 is 4.74 Å². The minimum absolute atomic E-state index is 0.125. The molecule has 3 N–H and O–H groups in total. The van der Waals surface area contributed by atoms with Crippen LogP contribution in [0, 0.1) is 5.92 Å². The molecule has 1 aromatic carbocycles. The number of benzene rings is 1. The fraction of sp³-hybridized carbons (Fsp3) is 0.364. The summed E-state index contributed by atoms with van der Waals surface area (Å²) in [4.78, 5) is 12.2. The maximum atomic E-state index is 11.2. The number of thioether (sulfide) groups is 1. The van der Waals surface area contributed by atoms with Gasteiger partial charge in [0.2, 0.25) is 5.91 Å². The summed E-state index contributed by atoms with van der Waals surface area (Å²) in [6.07, 6.45) is 0. The Bertz CT molecular complexity index is 358. The van der Waals surface area contributed by atoms with Crippen LogP contribution in [0.25, 0.3) is 0 Å². The molecule has 1 rings (SSSR count). The predicted molar refractivity (Wildman–Crippen MR) is 65.2 cm³/mol. The number of hydrogen-bond acceptors (Lipinski definition) is 4. The molecule has 1 atom stereocenters. The van der Waals surface area contributed by atoms with E-state index in [0.717, 1.165) is 10.6 Å².